The van der Waals surface area contributed by atoms with E-state index in [0.717, 1.165) is 4.47 Å². The normalized spacial score (nSPS) is 11.0. The summed E-state index contributed by atoms with van der Waals surface area (Å²) in [4.78, 5) is 28.8. The Kier molecular flexibility index (Phi) is 5.05. The number of carbonyl (C=O) groups excluding carboxylic acids is 2. The number of ether oxygens (including phenoxy) is 1. The van der Waals surface area contributed by atoms with Gasteiger partial charge < -0.3 is 9.64 Å². The van der Waals surface area contributed by atoms with Gasteiger partial charge in [-0.2, -0.15) is 0 Å². The average Bonchev–Trinajstić information content (AvgIpc) is 2.27. The summed E-state index contributed by atoms with van der Waals surface area (Å²) in [6.45, 7) is 5.26. The molecule has 19 heavy (non-hydrogen) atoms. The second-order valence-electron chi connectivity index (χ2n) is 5.12. The first-order chi connectivity index (χ1) is 8.69. The van der Waals surface area contributed by atoms with Crippen LogP contribution in [0, 0.1) is 0 Å². The molecule has 0 aliphatic heterocycles. The number of rotatable bonds is 3. The summed E-state index contributed by atoms with van der Waals surface area (Å²) in [7, 11) is 1.52. The Bertz CT molecular complexity index is 466. The smallest absolute Gasteiger partial charge is 0.410 e. The molecule has 1 aromatic rings. The Balaban J connectivity index is 2.61. The van der Waals surface area contributed by atoms with Crippen molar-refractivity contribution >= 4 is 27.8 Å². The fraction of sp³-hybridized carbons (Fsp3) is 0.462. The molecule has 0 fully saturated rings. The first-order valence-corrected chi connectivity index (χ1v) is 6.57. The van der Waals surface area contributed by atoms with E-state index in [9.17, 15) is 9.59 Å². The van der Waals surface area contributed by atoms with Gasteiger partial charge in [-0.25, -0.2) is 4.79 Å². The van der Waals surface area contributed by atoms with E-state index in [1.807, 2.05) is 0 Å². The standard InChI is InChI=1S/C13H17BrN2O3/c1-13(2,3)19-12(18)16(4)8-11(17)10-6-5-9(14)7-15-10/h5-7H,8H2,1-4H3. The zero-order valence-electron chi connectivity index (χ0n) is 11.4. The number of amides is 1. The van der Waals surface area contributed by atoms with Gasteiger partial charge in [0.2, 0.25) is 5.78 Å². The lowest BCUT2D eigenvalue weighted by molar-refractivity contribution is 0.0294. The highest BCUT2D eigenvalue weighted by Crippen LogP contribution is 2.10. The number of halogens is 1. The van der Waals surface area contributed by atoms with Crippen LogP contribution in [-0.4, -0.2) is 41.0 Å². The molecule has 0 saturated heterocycles. The quantitative estimate of drug-likeness (QED) is 0.800. The van der Waals surface area contributed by atoms with E-state index in [0.29, 0.717) is 5.69 Å². The molecule has 1 aromatic heterocycles. The molecule has 0 unspecified atom stereocenters. The van der Waals surface area contributed by atoms with E-state index in [1.165, 1.54) is 11.9 Å². The molecule has 0 aromatic carbocycles. The van der Waals surface area contributed by atoms with E-state index in [2.05, 4.69) is 20.9 Å². The maximum atomic E-state index is 11.9. The molecule has 0 aliphatic carbocycles. The number of aromatic nitrogens is 1. The molecule has 0 aliphatic rings. The van der Waals surface area contributed by atoms with Crippen LogP contribution in [0.3, 0.4) is 0 Å². The summed E-state index contributed by atoms with van der Waals surface area (Å²) in [5.74, 6) is -0.235. The highest BCUT2D eigenvalue weighted by Gasteiger charge is 2.21. The van der Waals surface area contributed by atoms with Gasteiger partial charge >= 0.3 is 6.09 Å². The van der Waals surface area contributed by atoms with Crippen LogP contribution in [0.2, 0.25) is 0 Å². The first-order valence-electron chi connectivity index (χ1n) is 5.78. The number of hydrogen-bond donors (Lipinski definition) is 0. The van der Waals surface area contributed by atoms with Crippen LogP contribution >= 0.6 is 15.9 Å². The number of likely N-dealkylation sites (N-methyl/N-ethyl adjacent to an activating group) is 1. The summed E-state index contributed by atoms with van der Waals surface area (Å²) in [6, 6.07) is 3.34. The van der Waals surface area contributed by atoms with Crippen LogP contribution in [0.1, 0.15) is 31.3 Å². The van der Waals surface area contributed by atoms with Gasteiger partial charge in [0.15, 0.2) is 0 Å². The Labute approximate surface area is 121 Å². The minimum absolute atomic E-state index is 0.0659. The van der Waals surface area contributed by atoms with Gasteiger partial charge in [0.05, 0.1) is 6.54 Å². The van der Waals surface area contributed by atoms with Gasteiger partial charge in [-0.1, -0.05) is 0 Å². The van der Waals surface area contributed by atoms with Crippen molar-refractivity contribution in [1.82, 2.24) is 9.88 Å². The van der Waals surface area contributed by atoms with Crippen LogP contribution < -0.4 is 0 Å². The molecule has 1 heterocycles. The first kappa shape index (κ1) is 15.6. The number of nitrogens with zero attached hydrogens (tertiary/aromatic N) is 2. The van der Waals surface area contributed by atoms with Gasteiger partial charge in [0.25, 0.3) is 0 Å². The molecular formula is C13H17BrN2O3. The second-order valence-corrected chi connectivity index (χ2v) is 6.04. The van der Waals surface area contributed by atoms with E-state index >= 15 is 0 Å². The van der Waals surface area contributed by atoms with Gasteiger partial charge in [-0.05, 0) is 48.8 Å². The third-order valence-electron chi connectivity index (χ3n) is 2.10. The zero-order chi connectivity index (χ0) is 14.6. The third kappa shape index (κ3) is 5.38. The molecule has 0 spiro atoms. The topological polar surface area (TPSA) is 59.5 Å². The lowest BCUT2D eigenvalue weighted by atomic mass is 10.2. The largest absolute Gasteiger partial charge is 0.444 e. The number of Topliss-reactive ketones (excluding diaryl/α,β-unsaturated/α-hetero) is 1. The van der Waals surface area contributed by atoms with Crippen LogP contribution in [0.5, 0.6) is 0 Å². The third-order valence-corrected chi connectivity index (χ3v) is 2.57. The molecule has 104 valence electrons. The maximum absolute atomic E-state index is 11.9. The van der Waals surface area contributed by atoms with E-state index < -0.39 is 11.7 Å². The predicted octanol–water partition coefficient (Wildman–Crippen LogP) is 2.89. The summed E-state index contributed by atoms with van der Waals surface area (Å²) in [6.07, 6.45) is 1.01. The molecule has 0 bridgehead atoms. The van der Waals surface area contributed by atoms with Crippen molar-refractivity contribution in [3.63, 3.8) is 0 Å². The Morgan fingerprint density at radius 2 is 2.00 bits per heavy atom. The Hall–Kier alpha value is -1.43. The predicted molar refractivity (Wildman–Crippen MR) is 75.1 cm³/mol. The molecule has 0 N–H and O–H groups in total. The van der Waals surface area contributed by atoms with Crippen molar-refractivity contribution in [3.8, 4) is 0 Å². The summed E-state index contributed by atoms with van der Waals surface area (Å²) < 4.78 is 5.96. The molecule has 1 amide bonds. The highest BCUT2D eigenvalue weighted by molar-refractivity contribution is 9.10. The molecule has 0 saturated carbocycles. The zero-order valence-corrected chi connectivity index (χ0v) is 13.0. The van der Waals surface area contributed by atoms with Crippen LogP contribution in [0.25, 0.3) is 0 Å². The minimum Gasteiger partial charge on any atom is -0.444 e. The van der Waals surface area contributed by atoms with Crippen LogP contribution in [-0.2, 0) is 4.74 Å². The number of ketones is 1. The lowest BCUT2D eigenvalue weighted by Crippen LogP contribution is -2.37. The van der Waals surface area contributed by atoms with E-state index in [-0.39, 0.29) is 12.3 Å². The molecule has 1 rings (SSSR count). The Morgan fingerprint density at radius 3 is 2.47 bits per heavy atom. The van der Waals surface area contributed by atoms with Crippen molar-refractivity contribution in [2.24, 2.45) is 0 Å². The minimum atomic E-state index is -0.579. The SMILES string of the molecule is CN(CC(=O)c1ccc(Br)cn1)C(=O)OC(C)(C)C. The van der Waals surface area contributed by atoms with Crippen molar-refractivity contribution in [1.29, 1.82) is 0 Å². The van der Waals surface area contributed by atoms with E-state index in [4.69, 9.17) is 4.74 Å². The van der Waals surface area contributed by atoms with Crippen LogP contribution in [0.4, 0.5) is 4.79 Å². The maximum Gasteiger partial charge on any atom is 0.410 e. The number of carbonyl (C=O) groups is 2. The number of hydrogen-bond acceptors (Lipinski definition) is 4. The van der Waals surface area contributed by atoms with Crippen molar-refractivity contribution in [2.75, 3.05) is 13.6 Å². The fourth-order valence-corrected chi connectivity index (χ4v) is 1.48. The fourth-order valence-electron chi connectivity index (χ4n) is 1.24. The Morgan fingerprint density at radius 1 is 1.37 bits per heavy atom. The number of pyridine rings is 1. The van der Waals surface area contributed by atoms with Crippen molar-refractivity contribution in [2.45, 2.75) is 26.4 Å². The molecule has 5 nitrogen and oxygen atoms in total. The van der Waals surface area contributed by atoms with Gasteiger partial charge in [0, 0.05) is 17.7 Å². The monoisotopic (exact) mass is 328 g/mol. The van der Waals surface area contributed by atoms with Crippen LogP contribution in [0.15, 0.2) is 22.8 Å². The lowest BCUT2D eigenvalue weighted by Gasteiger charge is -2.24. The average molecular weight is 329 g/mol. The molecule has 0 atom stereocenters. The van der Waals surface area contributed by atoms with Gasteiger partial charge in [-0.3, -0.25) is 9.78 Å². The van der Waals surface area contributed by atoms with E-state index in [1.54, 1.807) is 39.1 Å². The summed E-state index contributed by atoms with van der Waals surface area (Å²) in [5.41, 5.74) is -0.261. The molecular weight excluding hydrogens is 312 g/mol. The van der Waals surface area contributed by atoms with Gasteiger partial charge in [0.1, 0.15) is 11.3 Å². The highest BCUT2D eigenvalue weighted by atomic mass is 79.9. The van der Waals surface area contributed by atoms with Gasteiger partial charge in [-0.15, -0.1) is 0 Å². The summed E-state index contributed by atoms with van der Waals surface area (Å²) in [5, 5.41) is 0. The second kappa shape index (κ2) is 6.14. The molecule has 0 radical (unpaired) electrons. The van der Waals surface area contributed by atoms with Crippen molar-refractivity contribution < 1.29 is 14.3 Å². The summed E-state index contributed by atoms with van der Waals surface area (Å²) >= 11 is 3.24. The van der Waals surface area contributed by atoms with Crippen molar-refractivity contribution in [3.05, 3.63) is 28.5 Å². The molecule has 6 heteroatoms.